The number of ether oxygens (including phenoxy) is 1. The van der Waals surface area contributed by atoms with Crippen LogP contribution in [0.5, 0.6) is 5.88 Å². The third-order valence-electron chi connectivity index (χ3n) is 7.14. The Kier molecular flexibility index (Phi) is 10.9. The molecule has 8 nitrogen and oxygen atoms in total. The van der Waals surface area contributed by atoms with Crippen LogP contribution in [0.2, 0.25) is 0 Å². The largest absolute Gasteiger partial charge is 0.477 e. The van der Waals surface area contributed by atoms with Crippen LogP contribution in [0.25, 0.3) is 5.78 Å². The van der Waals surface area contributed by atoms with Gasteiger partial charge in [-0.15, -0.1) is 29.9 Å². The van der Waals surface area contributed by atoms with Gasteiger partial charge in [0, 0.05) is 37.7 Å². The Hall–Kier alpha value is -1.35. The van der Waals surface area contributed by atoms with E-state index in [0.29, 0.717) is 29.5 Å². The van der Waals surface area contributed by atoms with Crippen LogP contribution in [0.4, 0.5) is 5.82 Å². The minimum atomic E-state index is 0. The molecule has 10 heteroatoms. The lowest BCUT2D eigenvalue weighted by Crippen LogP contribution is -2.49. The molecular weight excluding hydrogens is 463 g/mol. The predicted molar refractivity (Wildman–Crippen MR) is 136 cm³/mol. The van der Waals surface area contributed by atoms with Crippen LogP contribution < -0.4 is 15.0 Å². The fourth-order valence-electron chi connectivity index (χ4n) is 5.38. The SMILES string of the molecule is CC1CN(c2cc(OCC3CCCCC3)nc3nc(C4CCCCC4)nn23)CCN1.Cl.Cl.O. The van der Waals surface area contributed by atoms with Crippen LogP contribution in [0.1, 0.15) is 82.9 Å². The average molecular weight is 504 g/mol. The Labute approximate surface area is 209 Å². The molecule has 33 heavy (non-hydrogen) atoms. The second kappa shape index (κ2) is 12.9. The maximum Gasteiger partial charge on any atom is 0.257 e. The Morgan fingerprint density at radius 2 is 1.70 bits per heavy atom. The van der Waals surface area contributed by atoms with Gasteiger partial charge in [0.25, 0.3) is 5.78 Å². The van der Waals surface area contributed by atoms with Gasteiger partial charge in [0.2, 0.25) is 5.88 Å². The van der Waals surface area contributed by atoms with E-state index in [4.69, 9.17) is 19.8 Å². The van der Waals surface area contributed by atoms with Gasteiger partial charge in [-0.05, 0) is 38.5 Å². The first-order valence-corrected chi connectivity index (χ1v) is 12.1. The van der Waals surface area contributed by atoms with Gasteiger partial charge in [-0.1, -0.05) is 38.5 Å². The minimum Gasteiger partial charge on any atom is -0.477 e. The lowest BCUT2D eigenvalue weighted by atomic mass is 9.89. The molecule has 3 N–H and O–H groups in total. The molecule has 1 atom stereocenters. The van der Waals surface area contributed by atoms with Crippen molar-refractivity contribution in [1.82, 2.24) is 24.9 Å². The number of piperazine rings is 1. The number of hydrogen-bond acceptors (Lipinski definition) is 6. The fraction of sp³-hybridized carbons (Fsp3) is 0.783. The highest BCUT2D eigenvalue weighted by Gasteiger charge is 2.25. The van der Waals surface area contributed by atoms with E-state index in [-0.39, 0.29) is 30.3 Å². The number of fused-ring (bicyclic) bond motifs is 1. The van der Waals surface area contributed by atoms with E-state index in [0.717, 1.165) is 37.9 Å². The van der Waals surface area contributed by atoms with E-state index in [1.807, 2.05) is 4.52 Å². The monoisotopic (exact) mass is 502 g/mol. The molecule has 2 aromatic heterocycles. The summed E-state index contributed by atoms with van der Waals surface area (Å²) in [5.41, 5.74) is 0. The number of hydrogen-bond donors (Lipinski definition) is 1. The highest BCUT2D eigenvalue weighted by molar-refractivity contribution is 5.85. The normalized spacial score (nSPS) is 22.2. The zero-order valence-electron chi connectivity index (χ0n) is 19.7. The van der Waals surface area contributed by atoms with Gasteiger partial charge in [0.15, 0.2) is 5.82 Å². The average Bonchev–Trinajstić information content (AvgIpc) is 3.23. The van der Waals surface area contributed by atoms with Crippen molar-refractivity contribution in [2.75, 3.05) is 31.1 Å². The third-order valence-corrected chi connectivity index (χ3v) is 7.14. The molecule has 3 heterocycles. The second-order valence-corrected chi connectivity index (χ2v) is 9.59. The summed E-state index contributed by atoms with van der Waals surface area (Å²) in [6, 6.07) is 2.54. The smallest absolute Gasteiger partial charge is 0.257 e. The maximum atomic E-state index is 6.23. The molecule has 188 valence electrons. The molecule has 0 bridgehead atoms. The molecule has 0 aromatic carbocycles. The van der Waals surface area contributed by atoms with Crippen molar-refractivity contribution in [2.45, 2.75) is 83.1 Å². The number of nitrogens with one attached hydrogen (secondary N) is 1. The molecular formula is C23H40Cl2N6O2. The Balaban J connectivity index is 0.00000128. The van der Waals surface area contributed by atoms with Gasteiger partial charge in [0.1, 0.15) is 5.82 Å². The van der Waals surface area contributed by atoms with Crippen molar-refractivity contribution >= 4 is 36.4 Å². The second-order valence-electron chi connectivity index (χ2n) is 9.59. The molecule has 5 rings (SSSR count). The molecule has 1 aliphatic heterocycles. The molecule has 0 spiro atoms. The Morgan fingerprint density at radius 1 is 1.00 bits per heavy atom. The van der Waals surface area contributed by atoms with E-state index in [1.165, 1.54) is 64.2 Å². The molecule has 2 aliphatic carbocycles. The summed E-state index contributed by atoms with van der Waals surface area (Å²) in [5.74, 6) is 4.57. The molecule has 3 fully saturated rings. The quantitative estimate of drug-likeness (QED) is 0.664. The summed E-state index contributed by atoms with van der Waals surface area (Å²) in [7, 11) is 0. The highest BCUT2D eigenvalue weighted by Crippen LogP contribution is 2.32. The molecule has 0 amide bonds. The number of anilines is 1. The first-order valence-electron chi connectivity index (χ1n) is 12.1. The molecule has 2 aromatic rings. The summed E-state index contributed by atoms with van der Waals surface area (Å²) >= 11 is 0. The summed E-state index contributed by atoms with van der Waals surface area (Å²) in [5, 5.41) is 8.49. The van der Waals surface area contributed by atoms with Crippen molar-refractivity contribution in [3.05, 3.63) is 11.9 Å². The standard InChI is InChI=1S/C23H36N6O.2ClH.H2O/c1-17-15-28(13-12-24-17)21-14-20(30-16-18-8-4-2-5-9-18)25-23-26-22(27-29(21)23)19-10-6-3-7-11-19;;;/h14,17-19,24H,2-13,15-16H2,1H3;2*1H;1H2. The van der Waals surface area contributed by atoms with Gasteiger partial charge >= 0.3 is 0 Å². The van der Waals surface area contributed by atoms with E-state index in [2.05, 4.69) is 23.2 Å². The number of nitrogens with zero attached hydrogens (tertiary/aromatic N) is 5. The van der Waals surface area contributed by atoms with Gasteiger partial charge in [0.05, 0.1) is 6.61 Å². The molecule has 1 saturated heterocycles. The summed E-state index contributed by atoms with van der Waals surface area (Å²) in [6.07, 6.45) is 12.9. The Bertz CT molecular complexity index is 855. The molecule has 2 saturated carbocycles. The lowest BCUT2D eigenvalue weighted by molar-refractivity contribution is 0.203. The predicted octanol–water partition coefficient (Wildman–Crippen LogP) is 3.95. The molecule has 0 radical (unpaired) electrons. The van der Waals surface area contributed by atoms with Crippen LogP contribution in [-0.2, 0) is 0 Å². The van der Waals surface area contributed by atoms with Crippen LogP contribution in [0.3, 0.4) is 0 Å². The van der Waals surface area contributed by atoms with Crippen molar-refractivity contribution in [3.8, 4) is 5.88 Å². The van der Waals surface area contributed by atoms with E-state index in [9.17, 15) is 0 Å². The van der Waals surface area contributed by atoms with E-state index >= 15 is 0 Å². The zero-order valence-corrected chi connectivity index (χ0v) is 21.3. The third kappa shape index (κ3) is 6.62. The first-order chi connectivity index (χ1) is 14.8. The van der Waals surface area contributed by atoms with Crippen LogP contribution in [0, 0.1) is 5.92 Å². The first kappa shape index (κ1) is 27.9. The Morgan fingerprint density at radius 3 is 2.39 bits per heavy atom. The highest BCUT2D eigenvalue weighted by atomic mass is 35.5. The van der Waals surface area contributed by atoms with E-state index in [1.54, 1.807) is 0 Å². The van der Waals surface area contributed by atoms with Crippen molar-refractivity contribution < 1.29 is 10.2 Å². The number of rotatable bonds is 5. The van der Waals surface area contributed by atoms with Gasteiger partial charge in [-0.25, -0.2) is 0 Å². The summed E-state index contributed by atoms with van der Waals surface area (Å²) < 4.78 is 8.20. The topological polar surface area (TPSA) is 99.1 Å². The molecule has 1 unspecified atom stereocenters. The number of halogens is 2. The van der Waals surface area contributed by atoms with Gasteiger partial charge < -0.3 is 20.4 Å². The fourth-order valence-corrected chi connectivity index (χ4v) is 5.38. The summed E-state index contributed by atoms with van der Waals surface area (Å²) in [4.78, 5) is 12.1. The van der Waals surface area contributed by atoms with Gasteiger partial charge in [-0.3, -0.25) is 0 Å². The van der Waals surface area contributed by atoms with Crippen LogP contribution in [0.15, 0.2) is 6.07 Å². The number of aromatic nitrogens is 4. The van der Waals surface area contributed by atoms with Crippen LogP contribution in [-0.4, -0.2) is 57.3 Å². The van der Waals surface area contributed by atoms with E-state index < -0.39 is 0 Å². The zero-order chi connectivity index (χ0) is 20.3. The molecule has 3 aliphatic rings. The van der Waals surface area contributed by atoms with Crippen molar-refractivity contribution in [1.29, 1.82) is 0 Å². The maximum absolute atomic E-state index is 6.23. The summed E-state index contributed by atoms with van der Waals surface area (Å²) in [6.45, 7) is 5.90. The van der Waals surface area contributed by atoms with Crippen molar-refractivity contribution in [3.63, 3.8) is 0 Å². The van der Waals surface area contributed by atoms with Crippen molar-refractivity contribution in [2.24, 2.45) is 5.92 Å². The van der Waals surface area contributed by atoms with Gasteiger partial charge in [-0.2, -0.15) is 14.5 Å². The van der Waals surface area contributed by atoms with Crippen LogP contribution >= 0.6 is 24.8 Å². The minimum absolute atomic E-state index is 0. The lowest BCUT2D eigenvalue weighted by Gasteiger charge is -2.33.